The molecule has 2 aromatic rings. The molecule has 0 radical (unpaired) electrons. The quantitative estimate of drug-likeness (QED) is 0.795. The Morgan fingerprint density at radius 1 is 1.27 bits per heavy atom. The number of unbranched alkanes of at least 4 members (excludes halogenated alkanes) is 1. The van der Waals surface area contributed by atoms with Crippen molar-refractivity contribution in [3.05, 3.63) is 47.1 Å². The van der Waals surface area contributed by atoms with Gasteiger partial charge in [0.2, 0.25) is 5.91 Å². The molecule has 0 saturated carbocycles. The third-order valence-electron chi connectivity index (χ3n) is 3.26. The molecule has 0 saturated heterocycles. The third kappa shape index (κ3) is 4.74. The number of hydrogen-bond acceptors (Lipinski definition) is 3. The summed E-state index contributed by atoms with van der Waals surface area (Å²) in [6, 6.07) is 9.32. The SMILES string of the molecule is CCCCC(=O)Nc1ccc(Nc2ccc(Cl)cc2C)nc1. The van der Waals surface area contributed by atoms with Crippen molar-refractivity contribution in [3.8, 4) is 0 Å². The second kappa shape index (κ2) is 7.80. The minimum Gasteiger partial charge on any atom is -0.340 e. The fraction of sp³-hybridized carbons (Fsp3) is 0.294. The van der Waals surface area contributed by atoms with Crippen LogP contribution in [0.25, 0.3) is 0 Å². The largest absolute Gasteiger partial charge is 0.340 e. The number of halogens is 1. The molecule has 0 fully saturated rings. The van der Waals surface area contributed by atoms with E-state index in [0.717, 1.165) is 29.9 Å². The molecule has 1 heterocycles. The molecule has 22 heavy (non-hydrogen) atoms. The first-order valence-corrected chi connectivity index (χ1v) is 7.75. The molecule has 116 valence electrons. The van der Waals surface area contributed by atoms with Gasteiger partial charge < -0.3 is 10.6 Å². The molecular formula is C17H20ClN3O. The molecule has 1 aromatic carbocycles. The Morgan fingerprint density at radius 2 is 2.09 bits per heavy atom. The summed E-state index contributed by atoms with van der Waals surface area (Å²) < 4.78 is 0. The smallest absolute Gasteiger partial charge is 0.224 e. The number of pyridine rings is 1. The number of amides is 1. The lowest BCUT2D eigenvalue weighted by Crippen LogP contribution is -2.11. The normalized spacial score (nSPS) is 10.3. The molecule has 0 atom stereocenters. The fourth-order valence-electron chi connectivity index (χ4n) is 2.01. The Hall–Kier alpha value is -2.07. The van der Waals surface area contributed by atoms with E-state index in [9.17, 15) is 4.79 Å². The van der Waals surface area contributed by atoms with E-state index in [2.05, 4.69) is 22.5 Å². The van der Waals surface area contributed by atoms with Crippen LogP contribution in [0.15, 0.2) is 36.5 Å². The molecule has 0 aliphatic heterocycles. The summed E-state index contributed by atoms with van der Waals surface area (Å²) in [6.07, 6.45) is 4.10. The predicted octanol–water partition coefficient (Wildman–Crippen LogP) is 4.92. The molecule has 0 unspecified atom stereocenters. The van der Waals surface area contributed by atoms with Gasteiger partial charge in [-0.25, -0.2) is 4.98 Å². The number of carbonyl (C=O) groups excluding carboxylic acids is 1. The first-order chi connectivity index (χ1) is 10.6. The van der Waals surface area contributed by atoms with Crippen molar-refractivity contribution in [2.24, 2.45) is 0 Å². The Labute approximate surface area is 135 Å². The minimum atomic E-state index is 0.0258. The van der Waals surface area contributed by atoms with Crippen LogP contribution in [-0.2, 0) is 4.79 Å². The van der Waals surface area contributed by atoms with Gasteiger partial charge in [-0.15, -0.1) is 0 Å². The van der Waals surface area contributed by atoms with Crippen molar-refractivity contribution < 1.29 is 4.79 Å². The topological polar surface area (TPSA) is 54.0 Å². The maximum atomic E-state index is 11.7. The standard InChI is InChI=1S/C17H20ClN3O/c1-3-4-5-17(22)20-14-7-9-16(19-11-14)21-15-8-6-13(18)10-12(15)2/h6-11H,3-5H2,1-2H3,(H,19,21)(H,20,22). The van der Waals surface area contributed by atoms with Gasteiger partial charge in [0, 0.05) is 17.1 Å². The van der Waals surface area contributed by atoms with Crippen molar-refractivity contribution in [2.75, 3.05) is 10.6 Å². The maximum absolute atomic E-state index is 11.7. The number of hydrogen-bond donors (Lipinski definition) is 2. The average molecular weight is 318 g/mol. The molecule has 1 aromatic heterocycles. The number of rotatable bonds is 6. The molecule has 1 amide bonds. The first kappa shape index (κ1) is 16.3. The van der Waals surface area contributed by atoms with Gasteiger partial charge in [-0.05, 0) is 49.2 Å². The summed E-state index contributed by atoms with van der Waals surface area (Å²) in [5, 5.41) is 6.78. The van der Waals surface area contributed by atoms with E-state index >= 15 is 0 Å². The van der Waals surface area contributed by atoms with Crippen LogP contribution < -0.4 is 10.6 Å². The number of nitrogens with one attached hydrogen (secondary N) is 2. The molecule has 2 N–H and O–H groups in total. The Bertz CT molecular complexity index is 641. The van der Waals surface area contributed by atoms with E-state index in [1.165, 1.54) is 0 Å². The number of carbonyl (C=O) groups is 1. The summed E-state index contributed by atoms with van der Waals surface area (Å²) in [5.74, 6) is 0.745. The second-order valence-corrected chi connectivity index (χ2v) is 5.60. The molecule has 0 aliphatic rings. The van der Waals surface area contributed by atoms with Crippen molar-refractivity contribution >= 4 is 34.7 Å². The Kier molecular flexibility index (Phi) is 5.78. The lowest BCUT2D eigenvalue weighted by atomic mass is 10.2. The molecule has 0 spiro atoms. The van der Waals surface area contributed by atoms with Crippen molar-refractivity contribution in [1.82, 2.24) is 4.98 Å². The van der Waals surface area contributed by atoms with E-state index in [1.807, 2.05) is 37.3 Å². The van der Waals surface area contributed by atoms with Crippen LogP contribution in [-0.4, -0.2) is 10.9 Å². The fourth-order valence-corrected chi connectivity index (χ4v) is 2.23. The zero-order valence-electron chi connectivity index (χ0n) is 12.8. The molecule has 4 nitrogen and oxygen atoms in total. The van der Waals surface area contributed by atoms with E-state index < -0.39 is 0 Å². The van der Waals surface area contributed by atoms with Crippen molar-refractivity contribution in [2.45, 2.75) is 33.1 Å². The molecule has 0 bridgehead atoms. The molecular weight excluding hydrogens is 298 g/mol. The van der Waals surface area contributed by atoms with Crippen molar-refractivity contribution in [3.63, 3.8) is 0 Å². The van der Waals surface area contributed by atoms with Gasteiger partial charge in [0.05, 0.1) is 11.9 Å². The van der Waals surface area contributed by atoms with Gasteiger partial charge in [0.25, 0.3) is 0 Å². The van der Waals surface area contributed by atoms with Crippen molar-refractivity contribution in [1.29, 1.82) is 0 Å². The lowest BCUT2D eigenvalue weighted by Gasteiger charge is -2.10. The van der Waals surface area contributed by atoms with Crippen LogP contribution in [0.1, 0.15) is 31.7 Å². The van der Waals surface area contributed by atoms with Gasteiger partial charge in [0.15, 0.2) is 0 Å². The van der Waals surface area contributed by atoms with Crippen LogP contribution >= 0.6 is 11.6 Å². The van der Waals surface area contributed by atoms with E-state index in [0.29, 0.717) is 17.1 Å². The van der Waals surface area contributed by atoms with E-state index in [-0.39, 0.29) is 5.91 Å². The third-order valence-corrected chi connectivity index (χ3v) is 3.49. The zero-order valence-corrected chi connectivity index (χ0v) is 13.6. The van der Waals surface area contributed by atoms with Gasteiger partial charge in [0.1, 0.15) is 5.82 Å². The van der Waals surface area contributed by atoms with E-state index in [4.69, 9.17) is 11.6 Å². The minimum absolute atomic E-state index is 0.0258. The lowest BCUT2D eigenvalue weighted by molar-refractivity contribution is -0.116. The highest BCUT2D eigenvalue weighted by Crippen LogP contribution is 2.23. The monoisotopic (exact) mass is 317 g/mol. The number of aryl methyl sites for hydroxylation is 1. The highest BCUT2D eigenvalue weighted by molar-refractivity contribution is 6.30. The maximum Gasteiger partial charge on any atom is 0.224 e. The van der Waals surface area contributed by atoms with Crippen LogP contribution in [0, 0.1) is 6.92 Å². The zero-order chi connectivity index (χ0) is 15.9. The number of aromatic nitrogens is 1. The first-order valence-electron chi connectivity index (χ1n) is 7.37. The number of anilines is 3. The molecule has 2 rings (SSSR count). The summed E-state index contributed by atoms with van der Waals surface area (Å²) in [7, 11) is 0. The van der Waals surface area contributed by atoms with Crippen LogP contribution in [0.3, 0.4) is 0 Å². The number of benzene rings is 1. The second-order valence-electron chi connectivity index (χ2n) is 5.17. The van der Waals surface area contributed by atoms with Gasteiger partial charge in [-0.3, -0.25) is 4.79 Å². The molecule has 5 heteroatoms. The summed E-state index contributed by atoms with van der Waals surface area (Å²) in [5.41, 5.74) is 2.71. The highest BCUT2D eigenvalue weighted by atomic mass is 35.5. The van der Waals surface area contributed by atoms with Gasteiger partial charge >= 0.3 is 0 Å². The number of nitrogens with zero attached hydrogens (tertiary/aromatic N) is 1. The Morgan fingerprint density at radius 3 is 2.73 bits per heavy atom. The molecule has 0 aliphatic carbocycles. The van der Waals surface area contributed by atoms with E-state index in [1.54, 1.807) is 6.20 Å². The summed E-state index contributed by atoms with van der Waals surface area (Å²) in [4.78, 5) is 16.0. The highest BCUT2D eigenvalue weighted by Gasteiger charge is 2.04. The van der Waals surface area contributed by atoms with Crippen LogP contribution in [0.4, 0.5) is 17.2 Å². The van der Waals surface area contributed by atoms with Gasteiger partial charge in [-0.1, -0.05) is 24.9 Å². The summed E-state index contributed by atoms with van der Waals surface area (Å²) in [6.45, 7) is 4.05. The average Bonchev–Trinajstić information content (AvgIpc) is 2.50. The van der Waals surface area contributed by atoms with Crippen LogP contribution in [0.2, 0.25) is 5.02 Å². The van der Waals surface area contributed by atoms with Gasteiger partial charge in [-0.2, -0.15) is 0 Å². The Balaban J connectivity index is 1.98. The van der Waals surface area contributed by atoms with Crippen LogP contribution in [0.5, 0.6) is 0 Å². The predicted molar refractivity (Wildman–Crippen MR) is 91.9 cm³/mol. The summed E-state index contributed by atoms with van der Waals surface area (Å²) >= 11 is 5.94.